The number of rotatable bonds is 4. The number of nitrogens with one attached hydrogen (secondary N) is 1. The third kappa shape index (κ3) is 3.34. The van der Waals surface area contributed by atoms with Crippen molar-refractivity contribution in [2.45, 2.75) is 31.0 Å². The van der Waals surface area contributed by atoms with Gasteiger partial charge in [-0.25, -0.2) is 0 Å². The zero-order valence-corrected chi connectivity index (χ0v) is 19.1. The van der Waals surface area contributed by atoms with Crippen molar-refractivity contribution in [3.05, 3.63) is 65.2 Å². The molecule has 0 bridgehead atoms. The van der Waals surface area contributed by atoms with E-state index in [-0.39, 0.29) is 36.4 Å². The summed E-state index contributed by atoms with van der Waals surface area (Å²) >= 11 is 5.99. The highest BCUT2D eigenvalue weighted by molar-refractivity contribution is 6.30. The summed E-state index contributed by atoms with van der Waals surface area (Å²) in [6, 6.07) is 13.4. The number of benzene rings is 2. The van der Waals surface area contributed by atoms with Crippen LogP contribution < -0.4 is 10.2 Å². The minimum atomic E-state index is -0.817. The Morgan fingerprint density at radius 3 is 2.59 bits per heavy atom. The molecule has 6 rings (SSSR count). The van der Waals surface area contributed by atoms with E-state index in [0.717, 1.165) is 24.1 Å². The number of hydrogen-bond acceptors (Lipinski definition) is 5. The molecule has 2 aromatic carbocycles. The van der Waals surface area contributed by atoms with Crippen LogP contribution in [0.3, 0.4) is 0 Å². The molecule has 2 aromatic rings. The Labute approximate surface area is 202 Å². The van der Waals surface area contributed by atoms with Crippen molar-refractivity contribution >= 4 is 46.8 Å². The lowest BCUT2D eigenvalue weighted by Crippen LogP contribution is -2.51. The summed E-state index contributed by atoms with van der Waals surface area (Å²) in [5.74, 6) is -2.19. The second-order valence-corrected chi connectivity index (χ2v) is 9.67. The average molecular weight is 478 g/mol. The van der Waals surface area contributed by atoms with Crippen molar-refractivity contribution in [2.24, 2.45) is 11.8 Å². The summed E-state index contributed by atoms with van der Waals surface area (Å²) in [4.78, 5) is 44.2. The van der Waals surface area contributed by atoms with Gasteiger partial charge in [-0.2, -0.15) is 0 Å². The van der Waals surface area contributed by atoms with Crippen LogP contribution in [0.5, 0.6) is 0 Å². The van der Waals surface area contributed by atoms with Crippen LogP contribution in [-0.2, 0) is 19.1 Å². The molecule has 0 unspecified atom stereocenters. The van der Waals surface area contributed by atoms with Gasteiger partial charge in [0.25, 0.3) is 0 Å². The van der Waals surface area contributed by atoms with Crippen LogP contribution in [0.25, 0.3) is 6.08 Å². The summed E-state index contributed by atoms with van der Waals surface area (Å²) in [6.07, 6.45) is 5.56. The quantitative estimate of drug-likeness (QED) is 0.683. The summed E-state index contributed by atoms with van der Waals surface area (Å²) in [5.41, 5.74) is 2.40. The number of ether oxygens (including phenoxy) is 1. The number of carbonyl (C=O) groups excluding carboxylic acids is 3. The Kier molecular flexibility index (Phi) is 5.19. The van der Waals surface area contributed by atoms with Crippen LogP contribution in [0.15, 0.2) is 54.6 Å². The molecule has 4 aliphatic heterocycles. The Morgan fingerprint density at radius 1 is 1.06 bits per heavy atom. The molecular formula is C26H24ClN3O4. The average Bonchev–Trinajstić information content (AvgIpc) is 3.54. The Morgan fingerprint density at radius 2 is 1.82 bits per heavy atom. The van der Waals surface area contributed by atoms with Crippen LogP contribution >= 0.6 is 11.6 Å². The zero-order chi connectivity index (χ0) is 23.4. The normalized spacial score (nSPS) is 29.3. The van der Waals surface area contributed by atoms with Gasteiger partial charge in [0.2, 0.25) is 17.7 Å². The number of hydrogen-bond donors (Lipinski definition) is 1. The Hall–Kier alpha value is -3.16. The van der Waals surface area contributed by atoms with Crippen molar-refractivity contribution in [1.29, 1.82) is 0 Å². The Balaban J connectivity index is 1.37. The van der Waals surface area contributed by atoms with E-state index >= 15 is 0 Å². The lowest BCUT2D eigenvalue weighted by atomic mass is 9.88. The molecule has 3 saturated heterocycles. The van der Waals surface area contributed by atoms with Gasteiger partial charge in [-0.15, -0.1) is 0 Å². The molecule has 0 aromatic heterocycles. The smallest absolute Gasteiger partial charge is 0.247 e. The second-order valence-electron chi connectivity index (χ2n) is 9.23. The maximum Gasteiger partial charge on any atom is 0.247 e. The number of imide groups is 1. The third-order valence-electron chi connectivity index (χ3n) is 7.30. The van der Waals surface area contributed by atoms with Gasteiger partial charge >= 0.3 is 0 Å². The molecule has 3 fully saturated rings. The number of para-hydroxylation sites is 1. The van der Waals surface area contributed by atoms with Crippen molar-refractivity contribution < 1.29 is 19.1 Å². The molecule has 7 nitrogen and oxygen atoms in total. The molecule has 174 valence electrons. The molecule has 34 heavy (non-hydrogen) atoms. The molecule has 3 amide bonds. The van der Waals surface area contributed by atoms with Gasteiger partial charge in [-0.3, -0.25) is 19.3 Å². The molecule has 4 aliphatic rings. The number of fused-ring (bicyclic) bond motifs is 5. The van der Waals surface area contributed by atoms with Gasteiger partial charge in [0.05, 0.1) is 30.5 Å². The number of anilines is 2. The van der Waals surface area contributed by atoms with Crippen LogP contribution in [0.2, 0.25) is 5.02 Å². The van der Waals surface area contributed by atoms with Crippen molar-refractivity contribution in [3.8, 4) is 0 Å². The van der Waals surface area contributed by atoms with Crippen molar-refractivity contribution in [3.63, 3.8) is 0 Å². The van der Waals surface area contributed by atoms with Crippen LogP contribution in [-0.4, -0.2) is 54.0 Å². The van der Waals surface area contributed by atoms with Crippen molar-refractivity contribution in [1.82, 2.24) is 4.90 Å². The van der Waals surface area contributed by atoms with E-state index in [1.807, 2.05) is 41.3 Å². The first-order valence-corrected chi connectivity index (χ1v) is 12.0. The molecule has 4 heterocycles. The predicted octanol–water partition coefficient (Wildman–Crippen LogP) is 3.34. The number of halogens is 1. The van der Waals surface area contributed by atoms with Gasteiger partial charge in [-0.1, -0.05) is 42.0 Å². The van der Waals surface area contributed by atoms with E-state index in [9.17, 15) is 14.4 Å². The van der Waals surface area contributed by atoms with Crippen LogP contribution in [0.4, 0.5) is 11.4 Å². The maximum absolute atomic E-state index is 13.7. The molecule has 0 aliphatic carbocycles. The fraction of sp³-hybridized carbons (Fsp3) is 0.346. The zero-order valence-electron chi connectivity index (χ0n) is 18.4. The summed E-state index contributed by atoms with van der Waals surface area (Å²) in [5, 5.41) is 3.51. The summed E-state index contributed by atoms with van der Waals surface area (Å²) in [6.45, 7) is 0.902. The number of carbonyl (C=O) groups is 3. The molecule has 5 atom stereocenters. The maximum atomic E-state index is 13.7. The topological polar surface area (TPSA) is 79.0 Å². The fourth-order valence-electron chi connectivity index (χ4n) is 5.80. The highest BCUT2D eigenvalue weighted by Gasteiger charge is 2.64. The van der Waals surface area contributed by atoms with Gasteiger partial charge < -0.3 is 15.0 Å². The van der Waals surface area contributed by atoms with E-state index < -0.39 is 17.9 Å². The molecule has 1 N–H and O–H groups in total. The number of likely N-dealkylation sites (tertiary alicyclic amines) is 1. The first-order valence-electron chi connectivity index (χ1n) is 11.6. The second kappa shape index (κ2) is 8.25. The van der Waals surface area contributed by atoms with Gasteiger partial charge in [-0.05, 0) is 48.7 Å². The summed E-state index contributed by atoms with van der Waals surface area (Å²) in [7, 11) is 0. The minimum absolute atomic E-state index is 0.133. The van der Waals surface area contributed by atoms with Crippen LogP contribution in [0.1, 0.15) is 18.4 Å². The molecular weight excluding hydrogens is 454 g/mol. The monoisotopic (exact) mass is 477 g/mol. The van der Waals surface area contributed by atoms with E-state index in [1.54, 1.807) is 24.3 Å². The predicted molar refractivity (Wildman–Crippen MR) is 128 cm³/mol. The van der Waals surface area contributed by atoms with E-state index in [1.165, 1.54) is 4.90 Å². The highest BCUT2D eigenvalue weighted by atomic mass is 35.5. The molecule has 8 heteroatoms. The molecule has 0 spiro atoms. The summed E-state index contributed by atoms with van der Waals surface area (Å²) < 4.78 is 5.69. The van der Waals surface area contributed by atoms with Gasteiger partial charge in [0, 0.05) is 23.0 Å². The first-order chi connectivity index (χ1) is 16.5. The molecule has 0 radical (unpaired) electrons. The Bertz CT molecular complexity index is 1190. The lowest BCUT2D eigenvalue weighted by molar-refractivity contribution is -0.142. The number of amides is 3. The van der Waals surface area contributed by atoms with Crippen LogP contribution in [0, 0.1) is 11.8 Å². The lowest BCUT2D eigenvalue weighted by Gasteiger charge is -2.36. The first kappa shape index (κ1) is 21.4. The fourth-order valence-corrected chi connectivity index (χ4v) is 5.92. The third-order valence-corrected chi connectivity index (χ3v) is 7.55. The van der Waals surface area contributed by atoms with Gasteiger partial charge in [0.1, 0.15) is 6.04 Å². The molecule has 0 saturated carbocycles. The highest BCUT2D eigenvalue weighted by Crippen LogP contribution is 2.48. The van der Waals surface area contributed by atoms with E-state index in [4.69, 9.17) is 16.3 Å². The largest absolute Gasteiger partial charge is 0.376 e. The number of nitrogens with zero attached hydrogens (tertiary/aromatic N) is 2. The SMILES string of the molecule is O=C(Nc1ccc(Cl)cc1)[C@@H]1[C@H]2C(=O)N(C[C@@H]3CCCO3)C(=O)[C@@H]2[C@@H]2C=Cc3ccccc3N12. The van der Waals surface area contributed by atoms with Gasteiger partial charge in [0.15, 0.2) is 0 Å². The van der Waals surface area contributed by atoms with E-state index in [2.05, 4.69) is 5.32 Å². The van der Waals surface area contributed by atoms with E-state index in [0.29, 0.717) is 17.3 Å². The minimum Gasteiger partial charge on any atom is -0.376 e. The standard InChI is InChI=1S/C26H24ClN3O4/c27-16-8-10-17(11-9-16)28-24(31)23-22-21(20-12-7-15-4-1-2-6-19(15)30(20)23)25(32)29(26(22)33)14-18-5-3-13-34-18/h1-2,4,6-12,18,20-23H,3,5,13-14H2,(H,28,31)/t18-,20-,21+,22-,23-/m0/s1. The van der Waals surface area contributed by atoms with Crippen molar-refractivity contribution in [2.75, 3.05) is 23.4 Å².